The lowest BCUT2D eigenvalue weighted by atomic mass is 9.84. The number of hydrogen-bond acceptors (Lipinski definition) is 0. The number of allylic oxidation sites excluding steroid dienone is 16. The molecule has 0 aromatic carbocycles. The summed E-state index contributed by atoms with van der Waals surface area (Å²) in [5.74, 6) is 1.71. The average Bonchev–Trinajstić information content (AvgIpc) is 3.28. The molecule has 2 heteroatoms. The summed E-state index contributed by atoms with van der Waals surface area (Å²) in [7, 11) is -3.37. The maximum absolute atomic E-state index is 2.67. The van der Waals surface area contributed by atoms with Gasteiger partial charge >= 0.3 is 0 Å². The Hall–Kier alpha value is -1.65. The van der Waals surface area contributed by atoms with Gasteiger partial charge < -0.3 is 0 Å². The van der Waals surface area contributed by atoms with Crippen molar-refractivity contribution in [2.75, 3.05) is 0 Å². The smallest absolute Gasteiger partial charge is 0.0730 e. The van der Waals surface area contributed by atoms with Gasteiger partial charge in [-0.25, -0.2) is 0 Å². The van der Waals surface area contributed by atoms with Gasteiger partial charge in [-0.1, -0.05) is 129 Å². The Kier molecular flexibility index (Phi) is 5.61. The van der Waals surface area contributed by atoms with Crippen LogP contribution in [0.5, 0.6) is 0 Å². The fraction of sp³-hybridized carbons (Fsp3) is 0.429. The highest BCUT2D eigenvalue weighted by atomic mass is 29.3. The van der Waals surface area contributed by atoms with Gasteiger partial charge in [-0.2, -0.15) is 0 Å². The molecule has 0 amide bonds. The molecule has 158 valence electrons. The van der Waals surface area contributed by atoms with Crippen LogP contribution in [-0.4, -0.2) is 15.2 Å². The van der Waals surface area contributed by atoms with Crippen LogP contribution in [0.1, 0.15) is 33.6 Å². The molecule has 0 spiro atoms. The molecule has 0 saturated heterocycles. The molecule has 3 atom stereocenters. The summed E-state index contributed by atoms with van der Waals surface area (Å²) in [4.78, 5) is 0. The zero-order valence-corrected chi connectivity index (χ0v) is 21.9. The first-order chi connectivity index (χ1) is 14.2. The van der Waals surface area contributed by atoms with E-state index in [2.05, 4.69) is 108 Å². The van der Waals surface area contributed by atoms with Gasteiger partial charge in [0.15, 0.2) is 0 Å². The van der Waals surface area contributed by atoms with E-state index < -0.39 is 15.2 Å². The van der Waals surface area contributed by atoms with E-state index in [0.29, 0.717) is 17.8 Å². The number of fused-ring (bicyclic) bond motifs is 2. The van der Waals surface area contributed by atoms with Crippen LogP contribution in [0.15, 0.2) is 93.4 Å². The normalized spacial score (nSPS) is 26.2. The molecule has 0 nitrogen and oxygen atoms in total. The molecule has 4 aliphatic rings. The van der Waals surface area contributed by atoms with Gasteiger partial charge in [0.05, 0.1) is 15.2 Å². The van der Waals surface area contributed by atoms with E-state index in [0.717, 1.165) is 0 Å². The molecule has 0 fully saturated rings. The van der Waals surface area contributed by atoms with E-state index in [9.17, 15) is 0 Å². The van der Waals surface area contributed by atoms with Crippen molar-refractivity contribution in [1.29, 1.82) is 0 Å². The van der Waals surface area contributed by atoms with Crippen molar-refractivity contribution >= 4 is 15.2 Å². The summed E-state index contributed by atoms with van der Waals surface area (Å²) in [6, 6.07) is 0. The topological polar surface area (TPSA) is 0 Å². The van der Waals surface area contributed by atoms with E-state index in [4.69, 9.17) is 0 Å². The number of hydrogen-bond donors (Lipinski definition) is 0. The SMILES string of the molecule is CCCC(C)C1=CC([Si](C)(C)[Si](C)(C)C2=C3C=CC=CC3C(C)=C2)=C2C=CC=CC12. The Morgan fingerprint density at radius 3 is 1.93 bits per heavy atom. The van der Waals surface area contributed by atoms with Gasteiger partial charge in [-0.3, -0.25) is 0 Å². The van der Waals surface area contributed by atoms with Gasteiger partial charge in [0.1, 0.15) is 0 Å². The molecule has 0 heterocycles. The van der Waals surface area contributed by atoms with Crippen molar-refractivity contribution in [2.45, 2.75) is 59.8 Å². The summed E-state index contributed by atoms with van der Waals surface area (Å²) in [5, 5.41) is 3.45. The Balaban J connectivity index is 1.80. The Morgan fingerprint density at radius 1 is 0.800 bits per heavy atom. The first-order valence-electron chi connectivity index (χ1n) is 11.8. The number of rotatable bonds is 6. The standard InChI is InChI=1S/C28H38Si2/c1-8-13-20(2)26-19-28(25-17-12-10-15-23(25)26)30(6,7)29(4,5)27-18-21(3)22-14-9-11-16-24(22)27/h9-12,14-20,22-23H,8,13H2,1-7H3. The van der Waals surface area contributed by atoms with E-state index >= 15 is 0 Å². The van der Waals surface area contributed by atoms with E-state index in [-0.39, 0.29) is 0 Å². The molecule has 0 N–H and O–H groups in total. The van der Waals surface area contributed by atoms with Crippen molar-refractivity contribution in [3.8, 4) is 0 Å². The maximum atomic E-state index is 2.67. The van der Waals surface area contributed by atoms with Gasteiger partial charge in [-0.05, 0) is 30.4 Å². The highest BCUT2D eigenvalue weighted by Crippen LogP contribution is 2.49. The van der Waals surface area contributed by atoms with Crippen molar-refractivity contribution < 1.29 is 0 Å². The molecule has 0 bridgehead atoms. The van der Waals surface area contributed by atoms with E-state index in [1.54, 1.807) is 27.1 Å². The quantitative estimate of drug-likeness (QED) is 0.375. The molecule has 3 unspecified atom stereocenters. The third kappa shape index (κ3) is 3.24. The van der Waals surface area contributed by atoms with Crippen LogP contribution in [0, 0.1) is 17.8 Å². The first kappa shape index (κ1) is 21.6. The van der Waals surface area contributed by atoms with E-state index in [1.807, 2.05) is 0 Å². The first-order valence-corrected chi connectivity index (χ1v) is 18.8. The predicted octanol–water partition coefficient (Wildman–Crippen LogP) is 7.97. The summed E-state index contributed by atoms with van der Waals surface area (Å²) >= 11 is 0. The lowest BCUT2D eigenvalue weighted by molar-refractivity contribution is 0.569. The van der Waals surface area contributed by atoms with Crippen molar-refractivity contribution in [2.24, 2.45) is 17.8 Å². The molecular formula is C28H38Si2. The minimum atomic E-state index is -1.69. The zero-order valence-electron chi connectivity index (χ0n) is 19.9. The monoisotopic (exact) mass is 430 g/mol. The van der Waals surface area contributed by atoms with Crippen LogP contribution in [0.25, 0.3) is 0 Å². The highest BCUT2D eigenvalue weighted by Gasteiger charge is 2.50. The molecule has 0 saturated carbocycles. The van der Waals surface area contributed by atoms with Crippen molar-refractivity contribution in [1.82, 2.24) is 0 Å². The van der Waals surface area contributed by atoms with Crippen LogP contribution >= 0.6 is 0 Å². The van der Waals surface area contributed by atoms with Crippen LogP contribution in [0.2, 0.25) is 26.2 Å². The molecule has 0 aliphatic heterocycles. The maximum Gasteiger partial charge on any atom is 0.0795 e. The average molecular weight is 431 g/mol. The minimum Gasteiger partial charge on any atom is -0.0730 e. The summed E-state index contributed by atoms with van der Waals surface area (Å²) in [6.45, 7) is 17.7. The molecule has 0 radical (unpaired) electrons. The fourth-order valence-corrected chi connectivity index (χ4v) is 15.6. The molecule has 0 aromatic rings. The predicted molar refractivity (Wildman–Crippen MR) is 138 cm³/mol. The van der Waals surface area contributed by atoms with E-state index in [1.165, 1.54) is 18.4 Å². The molecule has 4 aliphatic carbocycles. The lowest BCUT2D eigenvalue weighted by Gasteiger charge is -2.41. The lowest BCUT2D eigenvalue weighted by Crippen LogP contribution is -2.57. The summed E-state index contributed by atoms with van der Waals surface area (Å²) in [6.07, 6.45) is 26.5. The summed E-state index contributed by atoms with van der Waals surface area (Å²) in [5.41, 5.74) is 6.41. The second kappa shape index (κ2) is 7.80. The van der Waals surface area contributed by atoms with Crippen LogP contribution in [-0.2, 0) is 0 Å². The van der Waals surface area contributed by atoms with Crippen LogP contribution in [0.3, 0.4) is 0 Å². The van der Waals surface area contributed by atoms with Crippen molar-refractivity contribution in [3.63, 3.8) is 0 Å². The second-order valence-corrected chi connectivity index (χ2v) is 25.7. The third-order valence-corrected chi connectivity index (χ3v) is 26.1. The minimum absolute atomic E-state index is 0.517. The molecule has 4 rings (SSSR count). The van der Waals surface area contributed by atoms with Gasteiger partial charge in [0.2, 0.25) is 0 Å². The Bertz CT molecular complexity index is 986. The summed E-state index contributed by atoms with van der Waals surface area (Å²) < 4.78 is 0. The van der Waals surface area contributed by atoms with Gasteiger partial charge in [0.25, 0.3) is 0 Å². The van der Waals surface area contributed by atoms with Gasteiger partial charge in [-0.15, -0.1) is 0 Å². The van der Waals surface area contributed by atoms with Gasteiger partial charge in [0, 0.05) is 11.8 Å². The molecule has 30 heavy (non-hydrogen) atoms. The second-order valence-electron chi connectivity index (χ2n) is 10.7. The Labute approximate surface area is 186 Å². The Morgan fingerprint density at radius 2 is 1.33 bits per heavy atom. The zero-order chi connectivity index (χ0) is 21.7. The van der Waals surface area contributed by atoms with Crippen molar-refractivity contribution in [3.05, 3.63) is 93.4 Å². The van der Waals surface area contributed by atoms with Crippen LogP contribution in [0.4, 0.5) is 0 Å². The third-order valence-electron chi connectivity index (χ3n) is 8.41. The largest absolute Gasteiger partial charge is 0.0795 e. The fourth-order valence-electron chi connectivity index (χ4n) is 5.83. The molecule has 0 aromatic heterocycles. The highest BCUT2D eigenvalue weighted by molar-refractivity contribution is 7.46. The molecular weight excluding hydrogens is 392 g/mol. The van der Waals surface area contributed by atoms with Crippen LogP contribution < -0.4 is 0 Å².